The zero-order chi connectivity index (χ0) is 12.3. The lowest BCUT2D eigenvalue weighted by molar-refractivity contribution is -0.123. The van der Waals surface area contributed by atoms with Crippen LogP contribution in [0.15, 0.2) is 12.5 Å². The van der Waals surface area contributed by atoms with Crippen molar-refractivity contribution in [3.63, 3.8) is 0 Å². The van der Waals surface area contributed by atoms with Gasteiger partial charge in [-0.1, -0.05) is 0 Å². The summed E-state index contributed by atoms with van der Waals surface area (Å²) in [5.74, 6) is 0.373. The zero-order valence-electron chi connectivity index (χ0n) is 9.71. The minimum atomic E-state index is -0.181. The van der Waals surface area contributed by atoms with Gasteiger partial charge in [0, 0.05) is 12.5 Å². The van der Waals surface area contributed by atoms with Crippen molar-refractivity contribution in [2.24, 2.45) is 17.6 Å². The van der Waals surface area contributed by atoms with E-state index >= 15 is 0 Å². The number of aldehydes is 1. The number of nitrogens with two attached hydrogens (primary N) is 1. The number of primary amides is 1. The second-order valence-electron chi connectivity index (χ2n) is 4.71. The second kappa shape index (κ2) is 5.12. The minimum absolute atomic E-state index is 0.0413. The topological polar surface area (TPSA) is 78.0 Å². The molecule has 0 radical (unpaired) electrons. The van der Waals surface area contributed by atoms with Gasteiger partial charge in [-0.3, -0.25) is 9.59 Å². The van der Waals surface area contributed by atoms with Crippen LogP contribution in [0.4, 0.5) is 0 Å². The molecule has 1 aliphatic rings. The molecule has 1 heterocycles. The van der Waals surface area contributed by atoms with Gasteiger partial charge in [-0.15, -0.1) is 0 Å². The van der Waals surface area contributed by atoms with Gasteiger partial charge in [-0.05, 0) is 31.6 Å². The Balaban J connectivity index is 1.90. The molecule has 0 unspecified atom stereocenters. The Hall–Kier alpha value is -1.65. The Morgan fingerprint density at radius 1 is 1.47 bits per heavy atom. The fourth-order valence-electron chi connectivity index (χ4n) is 2.49. The van der Waals surface area contributed by atoms with Crippen LogP contribution in [-0.4, -0.2) is 21.7 Å². The largest absolute Gasteiger partial charge is 0.369 e. The highest BCUT2D eigenvalue weighted by Gasteiger charge is 2.25. The number of nitrogens with zero attached hydrogens (tertiary/aromatic N) is 2. The Morgan fingerprint density at radius 2 is 2.18 bits per heavy atom. The zero-order valence-corrected chi connectivity index (χ0v) is 9.71. The number of hydrogen-bond acceptors (Lipinski definition) is 3. The molecule has 92 valence electrons. The average Bonchev–Trinajstić information content (AvgIpc) is 2.77. The molecule has 17 heavy (non-hydrogen) atoms. The Labute approximate surface area is 100 Å². The second-order valence-corrected chi connectivity index (χ2v) is 4.71. The van der Waals surface area contributed by atoms with Crippen LogP contribution in [0.1, 0.15) is 36.2 Å². The summed E-state index contributed by atoms with van der Waals surface area (Å²) in [5.41, 5.74) is 5.91. The molecular weight excluding hydrogens is 218 g/mol. The number of rotatable bonds is 4. The van der Waals surface area contributed by atoms with Crippen LogP contribution in [-0.2, 0) is 11.3 Å². The van der Waals surface area contributed by atoms with Crippen molar-refractivity contribution in [3.8, 4) is 0 Å². The van der Waals surface area contributed by atoms with Gasteiger partial charge in [0.15, 0.2) is 6.29 Å². The van der Waals surface area contributed by atoms with E-state index in [-0.39, 0.29) is 11.8 Å². The third kappa shape index (κ3) is 2.72. The molecule has 1 aromatic rings. The fourth-order valence-corrected chi connectivity index (χ4v) is 2.49. The molecule has 1 amide bonds. The first kappa shape index (κ1) is 11.8. The highest BCUT2D eigenvalue weighted by molar-refractivity contribution is 5.76. The smallest absolute Gasteiger partial charge is 0.220 e. The van der Waals surface area contributed by atoms with Gasteiger partial charge in [0.2, 0.25) is 5.91 Å². The summed E-state index contributed by atoms with van der Waals surface area (Å²) in [5, 5.41) is 0. The summed E-state index contributed by atoms with van der Waals surface area (Å²) >= 11 is 0. The molecule has 0 atom stereocenters. The maximum atomic E-state index is 11.0. The van der Waals surface area contributed by atoms with Gasteiger partial charge in [0.1, 0.15) is 5.69 Å². The number of aromatic nitrogens is 2. The number of amides is 1. The van der Waals surface area contributed by atoms with E-state index < -0.39 is 0 Å². The fraction of sp³-hybridized carbons (Fsp3) is 0.583. The molecule has 5 heteroatoms. The van der Waals surface area contributed by atoms with Crippen LogP contribution < -0.4 is 5.73 Å². The summed E-state index contributed by atoms with van der Waals surface area (Å²) in [6.07, 6.45) is 7.79. The molecule has 5 nitrogen and oxygen atoms in total. The van der Waals surface area contributed by atoms with E-state index in [1.165, 1.54) is 0 Å². The quantitative estimate of drug-likeness (QED) is 0.790. The Bertz CT molecular complexity index is 406. The highest BCUT2D eigenvalue weighted by Crippen LogP contribution is 2.29. The first-order chi connectivity index (χ1) is 8.20. The predicted octanol–water partition coefficient (Wildman–Crippen LogP) is 0.987. The minimum Gasteiger partial charge on any atom is -0.369 e. The molecule has 2 rings (SSSR count). The highest BCUT2D eigenvalue weighted by atomic mass is 16.1. The molecular formula is C12H17N3O2. The first-order valence-electron chi connectivity index (χ1n) is 5.95. The van der Waals surface area contributed by atoms with Crippen LogP contribution in [0.2, 0.25) is 0 Å². The monoisotopic (exact) mass is 235 g/mol. The van der Waals surface area contributed by atoms with E-state index in [4.69, 9.17) is 5.73 Å². The SMILES string of the molecule is NC(=O)C1CCC(Cn2cncc2C=O)CC1. The predicted molar refractivity (Wildman–Crippen MR) is 62.3 cm³/mol. The number of carbonyl (C=O) groups is 2. The molecule has 1 saturated carbocycles. The Kier molecular flexibility index (Phi) is 3.56. The average molecular weight is 235 g/mol. The maximum Gasteiger partial charge on any atom is 0.220 e. The van der Waals surface area contributed by atoms with Gasteiger partial charge < -0.3 is 10.3 Å². The van der Waals surface area contributed by atoms with E-state index in [0.29, 0.717) is 11.6 Å². The molecule has 1 aliphatic carbocycles. The van der Waals surface area contributed by atoms with Gasteiger partial charge in [0.05, 0.1) is 12.5 Å². The molecule has 0 aromatic carbocycles. The van der Waals surface area contributed by atoms with E-state index in [0.717, 1.165) is 38.5 Å². The first-order valence-corrected chi connectivity index (χ1v) is 5.95. The number of imidazole rings is 1. The van der Waals surface area contributed by atoms with Gasteiger partial charge >= 0.3 is 0 Å². The molecule has 0 aliphatic heterocycles. The number of carbonyl (C=O) groups excluding carboxylic acids is 2. The van der Waals surface area contributed by atoms with Crippen molar-refractivity contribution in [2.45, 2.75) is 32.2 Å². The lowest BCUT2D eigenvalue weighted by atomic mass is 9.81. The third-order valence-corrected chi connectivity index (χ3v) is 3.57. The van der Waals surface area contributed by atoms with Crippen LogP contribution in [0.3, 0.4) is 0 Å². The lowest BCUT2D eigenvalue weighted by Gasteiger charge is -2.26. The maximum absolute atomic E-state index is 11.0. The van der Waals surface area contributed by atoms with Gasteiger partial charge in [-0.25, -0.2) is 4.98 Å². The van der Waals surface area contributed by atoms with E-state index in [2.05, 4.69) is 4.98 Å². The normalized spacial score (nSPS) is 24.5. The van der Waals surface area contributed by atoms with Crippen LogP contribution in [0.5, 0.6) is 0 Å². The van der Waals surface area contributed by atoms with Crippen LogP contribution in [0, 0.1) is 11.8 Å². The van der Waals surface area contributed by atoms with Crippen molar-refractivity contribution < 1.29 is 9.59 Å². The third-order valence-electron chi connectivity index (χ3n) is 3.57. The molecule has 1 aromatic heterocycles. The van der Waals surface area contributed by atoms with Crippen molar-refractivity contribution >= 4 is 12.2 Å². The van der Waals surface area contributed by atoms with E-state index in [9.17, 15) is 9.59 Å². The van der Waals surface area contributed by atoms with Crippen LogP contribution >= 0.6 is 0 Å². The van der Waals surface area contributed by atoms with Crippen LogP contribution in [0.25, 0.3) is 0 Å². The summed E-state index contributed by atoms with van der Waals surface area (Å²) in [6, 6.07) is 0. The summed E-state index contributed by atoms with van der Waals surface area (Å²) in [4.78, 5) is 25.7. The van der Waals surface area contributed by atoms with E-state index in [1.807, 2.05) is 4.57 Å². The molecule has 2 N–H and O–H groups in total. The Morgan fingerprint density at radius 3 is 2.76 bits per heavy atom. The van der Waals surface area contributed by atoms with Crippen molar-refractivity contribution in [2.75, 3.05) is 0 Å². The molecule has 0 saturated heterocycles. The van der Waals surface area contributed by atoms with Gasteiger partial charge in [-0.2, -0.15) is 0 Å². The van der Waals surface area contributed by atoms with E-state index in [1.54, 1.807) is 12.5 Å². The summed E-state index contributed by atoms with van der Waals surface area (Å²) in [6.45, 7) is 0.805. The number of hydrogen-bond donors (Lipinski definition) is 1. The molecule has 0 bridgehead atoms. The molecule has 0 spiro atoms. The van der Waals surface area contributed by atoms with Gasteiger partial charge in [0.25, 0.3) is 0 Å². The summed E-state index contributed by atoms with van der Waals surface area (Å²) in [7, 11) is 0. The van der Waals surface area contributed by atoms with Crippen molar-refractivity contribution in [3.05, 3.63) is 18.2 Å². The molecule has 1 fully saturated rings. The lowest BCUT2D eigenvalue weighted by Crippen LogP contribution is -2.28. The van der Waals surface area contributed by atoms with Crippen molar-refractivity contribution in [1.29, 1.82) is 0 Å². The van der Waals surface area contributed by atoms with Crippen molar-refractivity contribution in [1.82, 2.24) is 9.55 Å². The standard InChI is InChI=1S/C12H17N3O2/c13-12(17)10-3-1-9(2-4-10)6-15-8-14-5-11(15)7-16/h5,7-10H,1-4,6H2,(H2,13,17). The summed E-state index contributed by atoms with van der Waals surface area (Å²) < 4.78 is 1.88.